The molecule has 1 aliphatic heterocycles. The predicted molar refractivity (Wildman–Crippen MR) is 97.8 cm³/mol. The number of amides is 1. The van der Waals surface area contributed by atoms with Crippen molar-refractivity contribution in [1.29, 1.82) is 0 Å². The van der Waals surface area contributed by atoms with Crippen LogP contribution in [0.25, 0.3) is 0 Å². The summed E-state index contributed by atoms with van der Waals surface area (Å²) in [6.07, 6.45) is 4.91. The molecule has 5 nitrogen and oxygen atoms in total. The van der Waals surface area contributed by atoms with Gasteiger partial charge in [-0.15, -0.1) is 0 Å². The van der Waals surface area contributed by atoms with Gasteiger partial charge in [-0.25, -0.2) is 0 Å². The highest BCUT2D eigenvalue weighted by Gasteiger charge is 2.39. The Hall–Kier alpha value is -2.17. The zero-order valence-corrected chi connectivity index (χ0v) is 15.6. The number of carbonyl (C=O) groups is 3. The Morgan fingerprint density at radius 1 is 1.12 bits per heavy atom. The molecule has 26 heavy (non-hydrogen) atoms. The Labute approximate surface area is 154 Å². The highest BCUT2D eigenvalue weighted by atomic mass is 16.5. The lowest BCUT2D eigenvalue weighted by Crippen LogP contribution is -2.38. The molecule has 1 aromatic carbocycles. The summed E-state index contributed by atoms with van der Waals surface area (Å²) >= 11 is 0. The van der Waals surface area contributed by atoms with Gasteiger partial charge >= 0.3 is 5.97 Å². The minimum atomic E-state index is -0.843. The molecule has 0 N–H and O–H groups in total. The van der Waals surface area contributed by atoms with Gasteiger partial charge in [-0.3, -0.25) is 14.4 Å². The summed E-state index contributed by atoms with van der Waals surface area (Å²) in [6, 6.07) is 7.47. The van der Waals surface area contributed by atoms with E-state index in [9.17, 15) is 14.4 Å². The molecule has 1 aromatic rings. The number of benzene rings is 1. The van der Waals surface area contributed by atoms with Crippen LogP contribution in [0, 0.1) is 12.8 Å². The number of rotatable bonds is 5. The first-order valence-electron chi connectivity index (χ1n) is 9.56. The van der Waals surface area contributed by atoms with Crippen LogP contribution in [0.15, 0.2) is 24.3 Å². The molecule has 1 saturated carbocycles. The summed E-state index contributed by atoms with van der Waals surface area (Å²) < 4.78 is 5.40. The number of esters is 1. The predicted octanol–water partition coefficient (Wildman–Crippen LogP) is 3.29. The summed E-state index contributed by atoms with van der Waals surface area (Å²) in [5, 5.41) is 0. The van der Waals surface area contributed by atoms with E-state index >= 15 is 0 Å². The van der Waals surface area contributed by atoms with Crippen LogP contribution in [0.2, 0.25) is 0 Å². The number of likely N-dealkylation sites (tertiary alicyclic amines) is 1. The van der Waals surface area contributed by atoms with Crippen molar-refractivity contribution in [3.63, 3.8) is 0 Å². The number of Topliss-reactive ketones (excluding diaryl/α,β-unsaturated/α-hetero) is 1. The van der Waals surface area contributed by atoms with Gasteiger partial charge in [0.25, 0.3) is 0 Å². The second kappa shape index (κ2) is 8.02. The van der Waals surface area contributed by atoms with E-state index in [1.165, 1.54) is 6.42 Å². The monoisotopic (exact) mass is 357 g/mol. The Morgan fingerprint density at radius 3 is 2.42 bits per heavy atom. The molecule has 0 bridgehead atoms. The maximum atomic E-state index is 12.5. The van der Waals surface area contributed by atoms with E-state index in [0.717, 1.165) is 31.2 Å². The quantitative estimate of drug-likeness (QED) is 0.599. The highest BCUT2D eigenvalue weighted by Crippen LogP contribution is 2.29. The first kappa shape index (κ1) is 18.6. The second-order valence-electron chi connectivity index (χ2n) is 7.55. The van der Waals surface area contributed by atoms with Crippen LogP contribution in [0.4, 0.5) is 0 Å². The van der Waals surface area contributed by atoms with Crippen LogP contribution in [0.5, 0.6) is 0 Å². The van der Waals surface area contributed by atoms with Crippen molar-refractivity contribution in [2.45, 2.75) is 64.5 Å². The number of ketones is 1. The van der Waals surface area contributed by atoms with Crippen molar-refractivity contribution >= 4 is 17.7 Å². The van der Waals surface area contributed by atoms with Crippen molar-refractivity contribution in [3.8, 4) is 0 Å². The highest BCUT2D eigenvalue weighted by molar-refractivity contribution is 6.00. The number of aryl methyl sites for hydroxylation is 1. The fourth-order valence-electron chi connectivity index (χ4n) is 3.91. The fraction of sp³-hybridized carbons (Fsp3) is 0.571. The van der Waals surface area contributed by atoms with Gasteiger partial charge in [-0.2, -0.15) is 0 Å². The summed E-state index contributed by atoms with van der Waals surface area (Å²) in [6.45, 7) is 3.97. The average molecular weight is 357 g/mol. The van der Waals surface area contributed by atoms with Crippen LogP contribution in [-0.2, 0) is 14.3 Å². The number of nitrogens with zero attached hydrogens (tertiary/aromatic N) is 1. The molecule has 1 saturated heterocycles. The minimum absolute atomic E-state index is 0.0383. The van der Waals surface area contributed by atoms with Gasteiger partial charge in [-0.05, 0) is 26.7 Å². The van der Waals surface area contributed by atoms with Crippen molar-refractivity contribution in [3.05, 3.63) is 35.4 Å². The molecular formula is C21H27NO4. The average Bonchev–Trinajstić information content (AvgIpc) is 3.04. The molecule has 3 rings (SSSR count). The molecule has 0 spiro atoms. The summed E-state index contributed by atoms with van der Waals surface area (Å²) in [7, 11) is 0. The Bertz CT molecular complexity index is 676. The first-order chi connectivity index (χ1) is 12.5. The number of ether oxygens (including phenoxy) is 1. The van der Waals surface area contributed by atoms with Crippen LogP contribution in [-0.4, -0.2) is 41.3 Å². The standard InChI is InChI=1S/C21H27NO4/c1-14-8-10-16(11-9-14)20(24)15(2)26-21(25)17-12-19(23)22(13-17)18-6-4-3-5-7-18/h8-11,15,17-18H,3-7,12-13H2,1-2H3/t15-,17+/m0/s1. The maximum Gasteiger partial charge on any atom is 0.311 e. The van der Waals surface area contributed by atoms with E-state index < -0.39 is 18.0 Å². The van der Waals surface area contributed by atoms with Crippen molar-refractivity contribution in [2.24, 2.45) is 5.92 Å². The van der Waals surface area contributed by atoms with Gasteiger partial charge in [0.05, 0.1) is 5.92 Å². The molecule has 2 aliphatic rings. The van der Waals surface area contributed by atoms with E-state index in [2.05, 4.69) is 0 Å². The third kappa shape index (κ3) is 4.14. The second-order valence-corrected chi connectivity index (χ2v) is 7.55. The van der Waals surface area contributed by atoms with Gasteiger partial charge in [-0.1, -0.05) is 49.1 Å². The molecule has 1 aliphatic carbocycles. The summed E-state index contributed by atoms with van der Waals surface area (Å²) in [5.74, 6) is -1.08. The molecule has 140 valence electrons. The van der Waals surface area contributed by atoms with Gasteiger partial charge < -0.3 is 9.64 Å². The van der Waals surface area contributed by atoms with E-state index in [1.54, 1.807) is 19.1 Å². The van der Waals surface area contributed by atoms with Crippen LogP contribution in [0.3, 0.4) is 0 Å². The fourth-order valence-corrected chi connectivity index (χ4v) is 3.91. The molecule has 0 unspecified atom stereocenters. The van der Waals surface area contributed by atoms with E-state index in [0.29, 0.717) is 12.1 Å². The number of hydrogen-bond donors (Lipinski definition) is 0. The smallest absolute Gasteiger partial charge is 0.311 e. The number of hydrogen-bond acceptors (Lipinski definition) is 4. The molecule has 2 fully saturated rings. The van der Waals surface area contributed by atoms with Crippen LogP contribution in [0.1, 0.15) is 61.4 Å². The number of carbonyl (C=O) groups excluding carboxylic acids is 3. The summed E-state index contributed by atoms with van der Waals surface area (Å²) in [4.78, 5) is 39.1. The third-order valence-electron chi connectivity index (χ3n) is 5.51. The molecule has 0 aromatic heterocycles. The van der Waals surface area contributed by atoms with Gasteiger partial charge in [0.1, 0.15) is 0 Å². The molecule has 0 radical (unpaired) electrons. The van der Waals surface area contributed by atoms with Crippen LogP contribution < -0.4 is 0 Å². The van der Waals surface area contributed by atoms with E-state index in [-0.39, 0.29) is 24.2 Å². The summed E-state index contributed by atoms with van der Waals surface area (Å²) in [5.41, 5.74) is 1.60. The minimum Gasteiger partial charge on any atom is -0.454 e. The van der Waals surface area contributed by atoms with Crippen molar-refractivity contribution in [1.82, 2.24) is 4.90 Å². The van der Waals surface area contributed by atoms with Crippen molar-refractivity contribution < 1.29 is 19.1 Å². The third-order valence-corrected chi connectivity index (χ3v) is 5.51. The normalized spacial score (nSPS) is 22.3. The Balaban J connectivity index is 1.56. The van der Waals surface area contributed by atoms with Crippen molar-refractivity contribution in [2.75, 3.05) is 6.54 Å². The molecule has 5 heteroatoms. The SMILES string of the molecule is Cc1ccc(C(=O)[C@H](C)OC(=O)[C@@H]2CC(=O)N(C3CCCCC3)C2)cc1. The molecule has 1 heterocycles. The van der Waals surface area contributed by atoms with E-state index in [1.807, 2.05) is 24.0 Å². The molecular weight excluding hydrogens is 330 g/mol. The Morgan fingerprint density at radius 2 is 1.77 bits per heavy atom. The zero-order valence-electron chi connectivity index (χ0n) is 15.6. The lowest BCUT2D eigenvalue weighted by molar-refractivity contribution is -0.151. The lowest BCUT2D eigenvalue weighted by atomic mass is 9.94. The van der Waals surface area contributed by atoms with Gasteiger partial charge in [0.15, 0.2) is 6.10 Å². The van der Waals surface area contributed by atoms with Gasteiger partial charge in [0, 0.05) is 24.6 Å². The maximum absolute atomic E-state index is 12.5. The largest absolute Gasteiger partial charge is 0.454 e. The Kier molecular flexibility index (Phi) is 5.74. The first-order valence-corrected chi connectivity index (χ1v) is 9.56. The van der Waals surface area contributed by atoms with Gasteiger partial charge in [0.2, 0.25) is 11.7 Å². The molecule has 2 atom stereocenters. The van der Waals surface area contributed by atoms with E-state index in [4.69, 9.17) is 4.74 Å². The van der Waals surface area contributed by atoms with Crippen LogP contribution >= 0.6 is 0 Å². The zero-order chi connectivity index (χ0) is 18.7. The molecule has 1 amide bonds. The topological polar surface area (TPSA) is 63.7 Å². The lowest BCUT2D eigenvalue weighted by Gasteiger charge is -2.31.